The van der Waals surface area contributed by atoms with Crippen molar-refractivity contribution in [2.24, 2.45) is 0 Å². The topological polar surface area (TPSA) is 42.0 Å². The minimum absolute atomic E-state index is 0.0177. The van der Waals surface area contributed by atoms with Gasteiger partial charge in [0.15, 0.2) is 5.13 Å². The van der Waals surface area contributed by atoms with Crippen molar-refractivity contribution >= 4 is 22.4 Å². The number of carbonyl (C=O) groups excluding carboxylic acids is 1. The molecule has 0 unspecified atom stereocenters. The summed E-state index contributed by atoms with van der Waals surface area (Å²) in [5.74, 6) is 0.248. The molecule has 1 atom stereocenters. The van der Waals surface area contributed by atoms with E-state index in [2.05, 4.69) is 24.1 Å². The van der Waals surface area contributed by atoms with Crippen molar-refractivity contribution in [3.05, 3.63) is 47.0 Å². The highest BCUT2D eigenvalue weighted by Gasteiger charge is 2.16. The molecule has 100 valence electrons. The molecule has 4 heteroatoms. The Morgan fingerprint density at radius 2 is 1.89 bits per heavy atom. The van der Waals surface area contributed by atoms with E-state index in [1.54, 1.807) is 0 Å². The Morgan fingerprint density at radius 3 is 2.47 bits per heavy atom. The van der Waals surface area contributed by atoms with Gasteiger partial charge in [0.25, 0.3) is 0 Å². The molecule has 0 saturated heterocycles. The monoisotopic (exact) mass is 274 g/mol. The van der Waals surface area contributed by atoms with E-state index in [1.165, 1.54) is 16.2 Å². The number of amides is 1. The van der Waals surface area contributed by atoms with Crippen LogP contribution in [0.3, 0.4) is 0 Å². The van der Waals surface area contributed by atoms with Gasteiger partial charge in [-0.15, -0.1) is 11.3 Å². The first-order valence-electron chi connectivity index (χ1n) is 6.39. The second kappa shape index (κ2) is 5.97. The van der Waals surface area contributed by atoms with Gasteiger partial charge in [0.2, 0.25) is 5.91 Å². The summed E-state index contributed by atoms with van der Waals surface area (Å²) in [7, 11) is 0. The molecule has 1 aromatic carbocycles. The van der Waals surface area contributed by atoms with Crippen LogP contribution in [-0.4, -0.2) is 10.9 Å². The molecule has 1 amide bonds. The van der Waals surface area contributed by atoms with Crippen molar-refractivity contribution in [2.75, 3.05) is 5.32 Å². The third kappa shape index (κ3) is 3.41. The predicted molar refractivity (Wildman–Crippen MR) is 79.7 cm³/mol. The number of nitrogens with one attached hydrogen (secondary N) is 1. The van der Waals surface area contributed by atoms with Gasteiger partial charge >= 0.3 is 0 Å². The van der Waals surface area contributed by atoms with Gasteiger partial charge < -0.3 is 5.32 Å². The van der Waals surface area contributed by atoms with Crippen molar-refractivity contribution in [1.29, 1.82) is 0 Å². The number of thiazole rings is 1. The first kappa shape index (κ1) is 13.7. The molecule has 0 saturated carbocycles. The van der Waals surface area contributed by atoms with Crippen LogP contribution in [0.1, 0.15) is 43.0 Å². The fourth-order valence-electron chi connectivity index (χ4n) is 1.72. The fourth-order valence-corrected chi connectivity index (χ4v) is 2.54. The van der Waals surface area contributed by atoms with Gasteiger partial charge in [-0.25, -0.2) is 4.98 Å². The molecule has 1 aromatic heterocycles. The summed E-state index contributed by atoms with van der Waals surface area (Å²) in [6.07, 6.45) is 1.83. The van der Waals surface area contributed by atoms with Gasteiger partial charge in [-0.3, -0.25) is 4.79 Å². The summed E-state index contributed by atoms with van der Waals surface area (Å²) >= 11 is 1.54. The van der Waals surface area contributed by atoms with Crippen molar-refractivity contribution in [1.82, 2.24) is 4.98 Å². The number of hydrogen-bond acceptors (Lipinski definition) is 3. The Balaban J connectivity index is 2.04. The number of rotatable bonds is 4. The molecule has 19 heavy (non-hydrogen) atoms. The number of benzene rings is 1. The summed E-state index contributed by atoms with van der Waals surface area (Å²) in [6.45, 7) is 6.14. The molecule has 1 N–H and O–H groups in total. The molecule has 2 rings (SSSR count). The molecule has 0 aliphatic heterocycles. The zero-order chi connectivity index (χ0) is 13.8. The quantitative estimate of drug-likeness (QED) is 0.915. The molecule has 0 fully saturated rings. The van der Waals surface area contributed by atoms with Gasteiger partial charge in [-0.2, -0.15) is 0 Å². The van der Waals surface area contributed by atoms with Crippen LogP contribution in [0, 0.1) is 0 Å². The number of hydrogen-bond donors (Lipinski definition) is 1. The van der Waals surface area contributed by atoms with Crippen LogP contribution in [0.5, 0.6) is 0 Å². The zero-order valence-corrected chi connectivity index (χ0v) is 12.2. The number of nitrogens with zero attached hydrogens (tertiary/aromatic N) is 1. The lowest BCUT2D eigenvalue weighted by atomic mass is 10.0. The van der Waals surface area contributed by atoms with E-state index in [4.69, 9.17) is 0 Å². The van der Waals surface area contributed by atoms with E-state index in [9.17, 15) is 4.79 Å². The third-order valence-electron chi connectivity index (χ3n) is 3.02. The molecule has 1 heterocycles. The molecule has 0 aliphatic carbocycles. The Hall–Kier alpha value is -1.68. The summed E-state index contributed by atoms with van der Waals surface area (Å²) in [6, 6.07) is 9.76. The molecule has 0 radical (unpaired) electrons. The van der Waals surface area contributed by atoms with E-state index in [-0.39, 0.29) is 11.8 Å². The first-order valence-corrected chi connectivity index (χ1v) is 7.21. The minimum atomic E-state index is -0.174. The fraction of sp³-hybridized carbons (Fsp3) is 0.333. The van der Waals surface area contributed by atoms with Crippen LogP contribution in [-0.2, 0) is 4.79 Å². The van der Waals surface area contributed by atoms with E-state index >= 15 is 0 Å². The minimum Gasteiger partial charge on any atom is -0.301 e. The van der Waals surface area contributed by atoms with E-state index < -0.39 is 0 Å². The molecular formula is C15H18N2OS. The molecule has 2 aromatic rings. The lowest BCUT2D eigenvalue weighted by molar-refractivity contribution is -0.117. The van der Waals surface area contributed by atoms with Crippen LogP contribution in [0.25, 0.3) is 0 Å². The van der Waals surface area contributed by atoms with E-state index in [0.29, 0.717) is 11.0 Å². The molecule has 0 aliphatic rings. The van der Waals surface area contributed by atoms with Crippen LogP contribution < -0.4 is 5.32 Å². The highest BCUT2D eigenvalue weighted by molar-refractivity contribution is 7.15. The van der Waals surface area contributed by atoms with Crippen LogP contribution in [0.2, 0.25) is 0 Å². The maximum absolute atomic E-state index is 12.1. The molecule has 0 spiro atoms. The van der Waals surface area contributed by atoms with Gasteiger partial charge in [0.1, 0.15) is 0 Å². The number of carbonyl (C=O) groups is 1. The average molecular weight is 274 g/mol. The Bertz CT molecular complexity index is 548. The van der Waals surface area contributed by atoms with Crippen LogP contribution in [0.4, 0.5) is 5.13 Å². The van der Waals surface area contributed by atoms with Crippen molar-refractivity contribution in [3.8, 4) is 0 Å². The maximum atomic E-state index is 12.1. The van der Waals surface area contributed by atoms with Crippen molar-refractivity contribution in [2.45, 2.75) is 32.6 Å². The third-order valence-corrected chi connectivity index (χ3v) is 4.23. The molecular weight excluding hydrogens is 256 g/mol. The van der Waals surface area contributed by atoms with Gasteiger partial charge in [0.05, 0.1) is 5.92 Å². The summed E-state index contributed by atoms with van der Waals surface area (Å²) < 4.78 is 0. The standard InChI is InChI=1S/C15H18N2OS/c1-10(2)13-9-16-15(19-13)17-14(18)11(3)12-7-5-4-6-8-12/h4-11H,1-3H3,(H,16,17,18)/t11-/m0/s1. The van der Waals surface area contributed by atoms with Crippen molar-refractivity contribution in [3.63, 3.8) is 0 Å². The van der Waals surface area contributed by atoms with Gasteiger partial charge in [-0.1, -0.05) is 44.2 Å². The van der Waals surface area contributed by atoms with Crippen LogP contribution >= 0.6 is 11.3 Å². The zero-order valence-electron chi connectivity index (χ0n) is 11.4. The average Bonchev–Trinajstić information content (AvgIpc) is 2.87. The summed E-state index contributed by atoms with van der Waals surface area (Å²) in [5, 5.41) is 3.56. The van der Waals surface area contributed by atoms with E-state index in [1.807, 2.05) is 43.5 Å². The SMILES string of the molecule is CC(C)c1cnc(NC(=O)[C@@H](C)c2ccccc2)s1. The normalized spacial score (nSPS) is 12.4. The van der Waals surface area contributed by atoms with Gasteiger partial charge in [0, 0.05) is 11.1 Å². The molecule has 3 nitrogen and oxygen atoms in total. The van der Waals surface area contributed by atoms with Gasteiger partial charge in [-0.05, 0) is 18.4 Å². The molecule has 0 bridgehead atoms. The lowest BCUT2D eigenvalue weighted by Crippen LogP contribution is -2.18. The van der Waals surface area contributed by atoms with E-state index in [0.717, 1.165) is 5.56 Å². The summed E-state index contributed by atoms with van der Waals surface area (Å²) in [5.41, 5.74) is 1.01. The highest BCUT2D eigenvalue weighted by Crippen LogP contribution is 2.26. The first-order chi connectivity index (χ1) is 9.08. The summed E-state index contributed by atoms with van der Waals surface area (Å²) in [4.78, 5) is 17.6. The smallest absolute Gasteiger partial charge is 0.233 e. The largest absolute Gasteiger partial charge is 0.301 e. The highest BCUT2D eigenvalue weighted by atomic mass is 32.1. The van der Waals surface area contributed by atoms with Crippen LogP contribution in [0.15, 0.2) is 36.5 Å². The second-order valence-electron chi connectivity index (χ2n) is 4.84. The second-order valence-corrected chi connectivity index (χ2v) is 5.91. The Morgan fingerprint density at radius 1 is 1.21 bits per heavy atom. The maximum Gasteiger partial charge on any atom is 0.233 e. The van der Waals surface area contributed by atoms with Crippen molar-refractivity contribution < 1.29 is 4.79 Å². The predicted octanol–water partition coefficient (Wildman–Crippen LogP) is 4.01. The Kier molecular flexibility index (Phi) is 4.32. The number of aromatic nitrogens is 1. The lowest BCUT2D eigenvalue weighted by Gasteiger charge is -2.10. The Labute approximate surface area is 117 Å². The number of anilines is 1.